The lowest BCUT2D eigenvalue weighted by molar-refractivity contribution is 0.541. The highest BCUT2D eigenvalue weighted by atomic mass is 32.3. The van der Waals surface area contributed by atoms with E-state index in [0.29, 0.717) is 17.8 Å². The van der Waals surface area contributed by atoms with Crippen molar-refractivity contribution in [3.8, 4) is 0 Å². The number of pyridine rings is 1. The summed E-state index contributed by atoms with van der Waals surface area (Å²) in [6.07, 6.45) is 2.28. The predicted octanol–water partition coefficient (Wildman–Crippen LogP) is 2.81. The first-order valence-corrected chi connectivity index (χ1v) is 7.16. The molecular weight excluding hydrogens is 255 g/mol. The number of fused-ring (bicyclic) bond motifs is 1. The van der Waals surface area contributed by atoms with Gasteiger partial charge in [0.05, 0.1) is 5.69 Å². The standard InChI is InChI=1S/C12H15FN2O2S/c1-4-9(3)11-12(18(13,16)17)15-7-8(2)5-6-10(15)14-11/h5-7,9H,4H2,1-3H3. The third kappa shape index (κ3) is 2.12. The van der Waals surface area contributed by atoms with Crippen LogP contribution in [0.15, 0.2) is 23.4 Å². The maximum atomic E-state index is 13.5. The van der Waals surface area contributed by atoms with Crippen LogP contribution in [-0.4, -0.2) is 17.8 Å². The van der Waals surface area contributed by atoms with Crippen molar-refractivity contribution in [3.63, 3.8) is 0 Å². The van der Waals surface area contributed by atoms with Gasteiger partial charge in [0.25, 0.3) is 0 Å². The molecule has 1 atom stereocenters. The number of hydrogen-bond acceptors (Lipinski definition) is 3. The first kappa shape index (κ1) is 13.0. The van der Waals surface area contributed by atoms with Crippen molar-refractivity contribution >= 4 is 15.9 Å². The van der Waals surface area contributed by atoms with Gasteiger partial charge >= 0.3 is 10.2 Å². The van der Waals surface area contributed by atoms with E-state index in [9.17, 15) is 12.3 Å². The van der Waals surface area contributed by atoms with Gasteiger partial charge in [-0.2, -0.15) is 8.42 Å². The van der Waals surface area contributed by atoms with Crippen LogP contribution in [0.5, 0.6) is 0 Å². The maximum Gasteiger partial charge on any atom is 0.350 e. The van der Waals surface area contributed by atoms with E-state index in [4.69, 9.17) is 0 Å². The second-order valence-electron chi connectivity index (χ2n) is 4.48. The molecule has 6 heteroatoms. The third-order valence-corrected chi connectivity index (χ3v) is 3.93. The molecule has 0 aromatic carbocycles. The first-order valence-electron chi connectivity index (χ1n) is 5.78. The highest BCUT2D eigenvalue weighted by Crippen LogP contribution is 2.28. The third-order valence-electron chi connectivity index (χ3n) is 3.06. The quantitative estimate of drug-likeness (QED) is 0.806. The normalized spacial score (nSPS) is 14.0. The van der Waals surface area contributed by atoms with Crippen LogP contribution in [0, 0.1) is 6.92 Å². The Hall–Kier alpha value is -1.43. The summed E-state index contributed by atoms with van der Waals surface area (Å²) in [6, 6.07) is 3.51. The molecule has 2 heterocycles. The molecule has 0 saturated heterocycles. The monoisotopic (exact) mass is 270 g/mol. The molecule has 0 aliphatic carbocycles. The van der Waals surface area contributed by atoms with E-state index in [1.54, 1.807) is 12.3 Å². The van der Waals surface area contributed by atoms with Gasteiger partial charge in [-0.05, 0) is 25.0 Å². The second kappa shape index (κ2) is 4.35. The Kier molecular flexibility index (Phi) is 3.14. The van der Waals surface area contributed by atoms with Crippen LogP contribution < -0.4 is 0 Å². The van der Waals surface area contributed by atoms with E-state index in [-0.39, 0.29) is 10.9 Å². The maximum absolute atomic E-state index is 13.5. The molecule has 0 radical (unpaired) electrons. The summed E-state index contributed by atoms with van der Waals surface area (Å²) < 4.78 is 37.5. The fraction of sp³-hybridized carbons (Fsp3) is 0.417. The van der Waals surface area contributed by atoms with Crippen LogP contribution >= 0.6 is 0 Å². The van der Waals surface area contributed by atoms with Gasteiger partial charge in [-0.3, -0.25) is 4.40 Å². The molecule has 0 aliphatic rings. The summed E-state index contributed by atoms with van der Waals surface area (Å²) in [4.78, 5) is 4.23. The van der Waals surface area contributed by atoms with E-state index in [1.807, 2.05) is 26.8 Å². The minimum atomic E-state index is -4.79. The smallest absolute Gasteiger partial charge is 0.288 e. The minimum Gasteiger partial charge on any atom is -0.288 e. The Bertz CT molecular complexity index is 691. The number of halogens is 1. The number of rotatable bonds is 3. The lowest BCUT2D eigenvalue weighted by Crippen LogP contribution is -2.04. The SMILES string of the molecule is CCC(C)c1nc2ccc(C)cn2c1S(=O)(=O)F. The predicted molar refractivity (Wildman–Crippen MR) is 66.9 cm³/mol. The molecule has 98 valence electrons. The molecule has 0 saturated carbocycles. The Morgan fingerprint density at radius 3 is 2.67 bits per heavy atom. The van der Waals surface area contributed by atoms with E-state index >= 15 is 0 Å². The average Bonchev–Trinajstić information content (AvgIpc) is 2.65. The van der Waals surface area contributed by atoms with Crippen LogP contribution in [0.1, 0.15) is 37.4 Å². The zero-order valence-corrected chi connectivity index (χ0v) is 11.3. The van der Waals surface area contributed by atoms with Crippen LogP contribution in [-0.2, 0) is 10.2 Å². The van der Waals surface area contributed by atoms with Gasteiger partial charge in [-0.1, -0.05) is 23.8 Å². The number of nitrogens with zero attached hydrogens (tertiary/aromatic N) is 2. The average molecular weight is 270 g/mol. The van der Waals surface area contributed by atoms with Crippen molar-refractivity contribution in [3.05, 3.63) is 29.6 Å². The van der Waals surface area contributed by atoms with Gasteiger partial charge in [0.1, 0.15) is 5.65 Å². The van der Waals surface area contributed by atoms with Crippen LogP contribution in [0.25, 0.3) is 5.65 Å². The van der Waals surface area contributed by atoms with Gasteiger partial charge < -0.3 is 0 Å². The molecule has 0 fully saturated rings. The van der Waals surface area contributed by atoms with Gasteiger partial charge in [-0.15, -0.1) is 0 Å². The highest BCUT2D eigenvalue weighted by Gasteiger charge is 2.27. The van der Waals surface area contributed by atoms with Crippen LogP contribution in [0.4, 0.5) is 3.89 Å². The topological polar surface area (TPSA) is 51.4 Å². The molecule has 0 amide bonds. The molecule has 0 spiro atoms. The summed E-state index contributed by atoms with van der Waals surface area (Å²) in [5, 5.41) is -0.337. The molecule has 2 aromatic rings. The Morgan fingerprint density at radius 1 is 1.44 bits per heavy atom. The molecule has 4 nitrogen and oxygen atoms in total. The highest BCUT2D eigenvalue weighted by molar-refractivity contribution is 7.86. The molecule has 2 rings (SSSR count). The van der Waals surface area contributed by atoms with Crippen molar-refractivity contribution in [2.24, 2.45) is 0 Å². The molecule has 0 N–H and O–H groups in total. The summed E-state index contributed by atoms with van der Waals surface area (Å²) >= 11 is 0. The zero-order chi connectivity index (χ0) is 13.5. The van der Waals surface area contributed by atoms with Crippen LogP contribution in [0.2, 0.25) is 0 Å². The Labute approximate surface area is 106 Å². The number of aryl methyl sites for hydroxylation is 1. The van der Waals surface area contributed by atoms with E-state index in [0.717, 1.165) is 5.56 Å². The van der Waals surface area contributed by atoms with Crippen molar-refractivity contribution in [1.82, 2.24) is 9.38 Å². The van der Waals surface area contributed by atoms with Gasteiger partial charge in [0.2, 0.25) is 0 Å². The van der Waals surface area contributed by atoms with E-state index in [1.165, 1.54) is 4.40 Å². The molecule has 0 bridgehead atoms. The fourth-order valence-electron chi connectivity index (χ4n) is 1.90. The Morgan fingerprint density at radius 2 is 2.11 bits per heavy atom. The van der Waals surface area contributed by atoms with Crippen molar-refractivity contribution < 1.29 is 12.3 Å². The van der Waals surface area contributed by atoms with E-state index in [2.05, 4.69) is 4.98 Å². The van der Waals surface area contributed by atoms with E-state index < -0.39 is 10.2 Å². The lowest BCUT2D eigenvalue weighted by atomic mass is 10.1. The summed E-state index contributed by atoms with van der Waals surface area (Å²) in [5.74, 6) is -0.106. The van der Waals surface area contributed by atoms with Gasteiger partial charge in [0, 0.05) is 12.1 Å². The minimum absolute atomic E-state index is 0.106. The fourth-order valence-corrected chi connectivity index (χ4v) is 2.78. The molecule has 0 aliphatic heterocycles. The Balaban J connectivity index is 2.87. The lowest BCUT2D eigenvalue weighted by Gasteiger charge is -2.06. The zero-order valence-electron chi connectivity index (χ0n) is 10.5. The molecule has 2 aromatic heterocycles. The van der Waals surface area contributed by atoms with Crippen LogP contribution in [0.3, 0.4) is 0 Å². The second-order valence-corrected chi connectivity index (χ2v) is 5.75. The number of hydrogen-bond donors (Lipinski definition) is 0. The van der Waals surface area contributed by atoms with Crippen molar-refractivity contribution in [2.75, 3.05) is 0 Å². The first-order chi connectivity index (χ1) is 8.34. The number of imidazole rings is 1. The van der Waals surface area contributed by atoms with Crippen molar-refractivity contribution in [1.29, 1.82) is 0 Å². The molecule has 1 unspecified atom stereocenters. The molecule has 18 heavy (non-hydrogen) atoms. The summed E-state index contributed by atoms with van der Waals surface area (Å²) in [6.45, 7) is 5.56. The summed E-state index contributed by atoms with van der Waals surface area (Å²) in [7, 11) is -4.79. The van der Waals surface area contributed by atoms with Gasteiger partial charge in [0.15, 0.2) is 5.03 Å². The molecular formula is C12H15FN2O2S. The van der Waals surface area contributed by atoms with Gasteiger partial charge in [-0.25, -0.2) is 4.98 Å². The van der Waals surface area contributed by atoms with Crippen molar-refractivity contribution in [2.45, 2.75) is 38.1 Å². The summed E-state index contributed by atoms with van der Waals surface area (Å²) in [5.41, 5.74) is 1.60. The number of aromatic nitrogens is 2. The largest absolute Gasteiger partial charge is 0.350 e.